The van der Waals surface area contributed by atoms with Crippen molar-refractivity contribution in [2.45, 2.75) is 12.5 Å². The highest BCUT2D eigenvalue weighted by molar-refractivity contribution is 9.11. The predicted molar refractivity (Wildman–Crippen MR) is 72.1 cm³/mol. The smallest absolute Gasteiger partial charge is 0.142 e. The van der Waals surface area contributed by atoms with Crippen molar-refractivity contribution < 1.29 is 13.9 Å². The van der Waals surface area contributed by atoms with E-state index in [4.69, 9.17) is 11.6 Å². The van der Waals surface area contributed by atoms with Crippen molar-refractivity contribution in [2.24, 2.45) is 0 Å². The molecule has 0 bridgehead atoms. The van der Waals surface area contributed by atoms with Gasteiger partial charge in [-0.2, -0.15) is 0 Å². The summed E-state index contributed by atoms with van der Waals surface area (Å²) in [7, 11) is 0. The fraction of sp³-hybridized carbons (Fsp3) is 0.167. The number of aliphatic hydroxyl groups is 1. The molecule has 1 N–H and O–H groups in total. The first-order chi connectivity index (χ1) is 8.47. The Morgan fingerprint density at radius 3 is 2.61 bits per heavy atom. The van der Waals surface area contributed by atoms with Crippen LogP contribution in [0.4, 0.5) is 8.78 Å². The van der Waals surface area contributed by atoms with Crippen LogP contribution in [-0.2, 0) is 6.42 Å². The molecular formula is C12H8BrClF2OS. The van der Waals surface area contributed by atoms with Gasteiger partial charge in [0.15, 0.2) is 0 Å². The number of benzene rings is 1. The van der Waals surface area contributed by atoms with Crippen molar-refractivity contribution in [1.82, 2.24) is 0 Å². The van der Waals surface area contributed by atoms with E-state index >= 15 is 0 Å². The van der Waals surface area contributed by atoms with Gasteiger partial charge in [0.2, 0.25) is 0 Å². The van der Waals surface area contributed by atoms with Crippen LogP contribution in [0, 0.1) is 11.6 Å². The Hall–Kier alpha value is -0.490. The maximum Gasteiger partial charge on any atom is 0.142 e. The molecule has 0 aliphatic carbocycles. The van der Waals surface area contributed by atoms with Gasteiger partial charge in [0.25, 0.3) is 0 Å². The summed E-state index contributed by atoms with van der Waals surface area (Å²) in [6, 6.07) is 5.47. The summed E-state index contributed by atoms with van der Waals surface area (Å²) in [5.41, 5.74) is -0.0820. The van der Waals surface area contributed by atoms with Crippen LogP contribution in [0.5, 0.6) is 0 Å². The minimum Gasteiger partial charge on any atom is -0.388 e. The first-order valence-electron chi connectivity index (χ1n) is 5.04. The molecule has 1 heterocycles. The van der Waals surface area contributed by atoms with Crippen molar-refractivity contribution >= 4 is 38.9 Å². The molecule has 96 valence electrons. The monoisotopic (exact) mass is 352 g/mol. The fourth-order valence-electron chi connectivity index (χ4n) is 1.56. The summed E-state index contributed by atoms with van der Waals surface area (Å²) < 4.78 is 27.7. The van der Waals surface area contributed by atoms with Crippen LogP contribution in [0.15, 0.2) is 28.1 Å². The molecule has 0 saturated carbocycles. The third-order valence-corrected chi connectivity index (χ3v) is 4.36. The lowest BCUT2D eigenvalue weighted by atomic mass is 10.1. The minimum absolute atomic E-state index is 0.0820. The summed E-state index contributed by atoms with van der Waals surface area (Å²) in [6.07, 6.45) is -0.865. The van der Waals surface area contributed by atoms with Crippen LogP contribution in [0.25, 0.3) is 0 Å². The second-order valence-electron chi connectivity index (χ2n) is 3.71. The average molecular weight is 354 g/mol. The number of hydrogen-bond acceptors (Lipinski definition) is 2. The van der Waals surface area contributed by atoms with Gasteiger partial charge in [0, 0.05) is 16.9 Å². The molecule has 0 spiro atoms. The number of aliphatic hydroxyl groups excluding tert-OH is 1. The molecule has 6 heteroatoms. The van der Waals surface area contributed by atoms with E-state index in [1.54, 1.807) is 0 Å². The lowest BCUT2D eigenvalue weighted by molar-refractivity contribution is 0.174. The molecule has 1 unspecified atom stereocenters. The highest BCUT2D eigenvalue weighted by Gasteiger charge is 2.17. The van der Waals surface area contributed by atoms with E-state index in [0.717, 1.165) is 20.8 Å². The Kier molecular flexibility index (Phi) is 4.37. The highest BCUT2D eigenvalue weighted by atomic mass is 79.9. The summed E-state index contributed by atoms with van der Waals surface area (Å²) in [5, 5.41) is 9.63. The van der Waals surface area contributed by atoms with Gasteiger partial charge in [-0.25, -0.2) is 8.78 Å². The van der Waals surface area contributed by atoms with E-state index in [2.05, 4.69) is 15.9 Å². The highest BCUT2D eigenvalue weighted by Crippen LogP contribution is 2.29. The van der Waals surface area contributed by atoms with Gasteiger partial charge in [-0.15, -0.1) is 11.3 Å². The largest absolute Gasteiger partial charge is 0.388 e. The van der Waals surface area contributed by atoms with E-state index < -0.39 is 17.7 Å². The van der Waals surface area contributed by atoms with E-state index in [-0.39, 0.29) is 17.0 Å². The Morgan fingerprint density at radius 1 is 1.28 bits per heavy atom. The lowest BCUT2D eigenvalue weighted by Crippen LogP contribution is -2.04. The van der Waals surface area contributed by atoms with Crippen molar-refractivity contribution in [3.63, 3.8) is 0 Å². The molecule has 0 aliphatic rings. The zero-order chi connectivity index (χ0) is 13.3. The molecule has 18 heavy (non-hydrogen) atoms. The maximum absolute atomic E-state index is 13.6. The van der Waals surface area contributed by atoms with E-state index in [1.165, 1.54) is 11.3 Å². The van der Waals surface area contributed by atoms with Gasteiger partial charge in [-0.1, -0.05) is 11.6 Å². The lowest BCUT2D eigenvalue weighted by Gasteiger charge is -2.11. The van der Waals surface area contributed by atoms with Crippen molar-refractivity contribution in [1.29, 1.82) is 0 Å². The molecule has 1 aromatic heterocycles. The Bertz CT molecular complexity index is 573. The van der Waals surface area contributed by atoms with E-state index in [9.17, 15) is 13.9 Å². The van der Waals surface area contributed by atoms with E-state index in [0.29, 0.717) is 0 Å². The third-order valence-electron chi connectivity index (χ3n) is 2.42. The van der Waals surface area contributed by atoms with Gasteiger partial charge >= 0.3 is 0 Å². The van der Waals surface area contributed by atoms with Crippen molar-refractivity contribution in [3.05, 3.63) is 55.1 Å². The molecule has 0 aliphatic heterocycles. The number of hydrogen-bond donors (Lipinski definition) is 1. The number of thiophene rings is 1. The van der Waals surface area contributed by atoms with Crippen LogP contribution >= 0.6 is 38.9 Å². The number of rotatable bonds is 3. The van der Waals surface area contributed by atoms with Crippen molar-refractivity contribution in [2.75, 3.05) is 0 Å². The first-order valence-corrected chi connectivity index (χ1v) is 7.03. The molecule has 1 atom stereocenters. The molecule has 1 nitrogen and oxygen atoms in total. The second kappa shape index (κ2) is 5.65. The van der Waals surface area contributed by atoms with Gasteiger partial charge in [0.1, 0.15) is 11.6 Å². The number of halogens is 4. The third kappa shape index (κ3) is 3.09. The SMILES string of the molecule is OC(Cc1ccc(Br)s1)c1cc(F)c(Cl)cc1F. The quantitative estimate of drug-likeness (QED) is 0.792. The maximum atomic E-state index is 13.6. The molecule has 0 amide bonds. The van der Waals surface area contributed by atoms with Crippen LogP contribution in [0.1, 0.15) is 16.5 Å². The average Bonchev–Trinajstić information content (AvgIpc) is 2.69. The van der Waals surface area contributed by atoms with E-state index in [1.807, 2.05) is 12.1 Å². The molecule has 2 rings (SSSR count). The van der Waals surface area contributed by atoms with Crippen molar-refractivity contribution in [3.8, 4) is 0 Å². The summed E-state index contributed by atoms with van der Waals surface area (Å²) >= 11 is 10.2. The molecule has 0 radical (unpaired) electrons. The molecule has 0 saturated heterocycles. The minimum atomic E-state index is -1.10. The van der Waals surface area contributed by atoms with Crippen LogP contribution in [0.3, 0.4) is 0 Å². The summed E-state index contributed by atoms with van der Waals surface area (Å²) in [6.45, 7) is 0. The Morgan fingerprint density at radius 2 is 2.00 bits per heavy atom. The molecule has 1 aromatic carbocycles. The van der Waals surface area contributed by atoms with Crippen LogP contribution in [-0.4, -0.2) is 5.11 Å². The van der Waals surface area contributed by atoms with Crippen LogP contribution in [0.2, 0.25) is 5.02 Å². The molecule has 0 fully saturated rings. The Balaban J connectivity index is 2.23. The zero-order valence-corrected chi connectivity index (χ0v) is 12.1. The summed E-state index contributed by atoms with van der Waals surface area (Å²) in [5.74, 6) is -1.44. The first kappa shape index (κ1) is 13.9. The topological polar surface area (TPSA) is 20.2 Å². The Labute approximate surface area is 120 Å². The molecular weight excluding hydrogens is 346 g/mol. The molecule has 2 aromatic rings. The van der Waals surface area contributed by atoms with Crippen LogP contribution < -0.4 is 0 Å². The standard InChI is InChI=1S/C12H8BrClF2OS/c13-12-2-1-6(18-12)3-11(17)7-4-10(16)8(14)5-9(7)15/h1-2,4-5,11,17H,3H2. The summed E-state index contributed by atoms with van der Waals surface area (Å²) in [4.78, 5) is 0.879. The second-order valence-corrected chi connectivity index (χ2v) is 6.67. The normalized spacial score (nSPS) is 12.7. The van der Waals surface area contributed by atoms with Gasteiger partial charge in [-0.05, 0) is 40.2 Å². The van der Waals surface area contributed by atoms with Gasteiger partial charge in [0.05, 0.1) is 14.9 Å². The van der Waals surface area contributed by atoms with Gasteiger partial charge < -0.3 is 5.11 Å². The van der Waals surface area contributed by atoms with Gasteiger partial charge in [-0.3, -0.25) is 0 Å². The predicted octanol–water partition coefficient (Wildman–Crippen LogP) is 4.72. The fourth-order valence-corrected chi connectivity index (χ4v) is 3.23. The zero-order valence-electron chi connectivity index (χ0n) is 8.96.